The highest BCUT2D eigenvalue weighted by molar-refractivity contribution is 5.43. The first kappa shape index (κ1) is 25.4. The fourth-order valence-electron chi connectivity index (χ4n) is 4.09. The van der Waals surface area contributed by atoms with Crippen LogP contribution in [0.5, 0.6) is 11.6 Å². The average Bonchev–Trinajstić information content (AvgIpc) is 3.63. The summed E-state index contributed by atoms with van der Waals surface area (Å²) in [7, 11) is 0. The molecule has 6 nitrogen and oxygen atoms in total. The molecule has 4 rings (SSSR count). The van der Waals surface area contributed by atoms with Gasteiger partial charge in [-0.05, 0) is 68.5 Å². The second kappa shape index (κ2) is 12.3. The summed E-state index contributed by atoms with van der Waals surface area (Å²) < 4.78 is 27.3. The summed E-state index contributed by atoms with van der Waals surface area (Å²) in [6.07, 6.45) is 3.96. The number of hydrogen-bond acceptors (Lipinski definition) is 5. The lowest BCUT2D eigenvalue weighted by atomic mass is 10.2. The van der Waals surface area contributed by atoms with Crippen molar-refractivity contribution in [3.8, 4) is 17.3 Å². The van der Waals surface area contributed by atoms with Crippen LogP contribution in [0, 0.1) is 18.7 Å². The van der Waals surface area contributed by atoms with Gasteiger partial charge >= 0.3 is 0 Å². The van der Waals surface area contributed by atoms with Gasteiger partial charge in [0.25, 0.3) is 0 Å². The van der Waals surface area contributed by atoms with E-state index in [9.17, 15) is 9.50 Å². The van der Waals surface area contributed by atoms with E-state index < -0.39 is 6.10 Å². The van der Waals surface area contributed by atoms with Crippen molar-refractivity contribution in [1.82, 2.24) is 14.7 Å². The number of unbranched alkanes of at least 4 members (excludes halogenated alkanes) is 1. The maximum absolute atomic E-state index is 13.5. The molecule has 0 spiro atoms. The molecule has 188 valence electrons. The van der Waals surface area contributed by atoms with Crippen molar-refractivity contribution < 1.29 is 19.0 Å². The Kier molecular flexibility index (Phi) is 8.90. The predicted octanol–water partition coefficient (Wildman–Crippen LogP) is 5.50. The van der Waals surface area contributed by atoms with E-state index in [0.29, 0.717) is 43.9 Å². The van der Waals surface area contributed by atoms with Gasteiger partial charge in [-0.25, -0.2) is 9.07 Å². The molecule has 1 atom stereocenters. The molecule has 1 N–H and O–H groups in total. The Morgan fingerprint density at radius 3 is 2.57 bits per heavy atom. The molecule has 1 saturated carbocycles. The maximum atomic E-state index is 13.5. The summed E-state index contributed by atoms with van der Waals surface area (Å²) in [5, 5.41) is 15.5. The Morgan fingerprint density at radius 2 is 1.89 bits per heavy atom. The number of halogens is 1. The van der Waals surface area contributed by atoms with Gasteiger partial charge in [-0.15, -0.1) is 0 Å². The molecule has 1 aliphatic carbocycles. The van der Waals surface area contributed by atoms with E-state index in [4.69, 9.17) is 14.6 Å². The summed E-state index contributed by atoms with van der Waals surface area (Å²) in [5.74, 6) is 1.50. The van der Waals surface area contributed by atoms with Crippen LogP contribution in [0.4, 0.5) is 4.39 Å². The fourth-order valence-corrected chi connectivity index (χ4v) is 4.09. The first-order chi connectivity index (χ1) is 17.0. The summed E-state index contributed by atoms with van der Waals surface area (Å²) >= 11 is 0. The summed E-state index contributed by atoms with van der Waals surface area (Å²) in [4.78, 5) is 2.28. The molecule has 1 heterocycles. The number of aromatic nitrogens is 2. The normalized spacial score (nSPS) is 14.4. The fraction of sp³-hybridized carbons (Fsp3) is 0.464. The number of aliphatic hydroxyl groups excluding tert-OH is 1. The molecule has 0 radical (unpaired) electrons. The van der Waals surface area contributed by atoms with Crippen molar-refractivity contribution in [3.63, 3.8) is 0 Å². The number of nitrogens with zero attached hydrogens (tertiary/aromatic N) is 3. The Balaban J connectivity index is 1.58. The topological polar surface area (TPSA) is 59.8 Å². The van der Waals surface area contributed by atoms with Gasteiger partial charge in [0.05, 0.1) is 29.7 Å². The molecular weight excluding hydrogens is 445 g/mol. The van der Waals surface area contributed by atoms with Crippen molar-refractivity contribution in [2.45, 2.75) is 52.2 Å². The zero-order chi connectivity index (χ0) is 24.6. The Bertz CT molecular complexity index is 1050. The number of hydrogen-bond donors (Lipinski definition) is 1. The molecule has 3 aromatic rings. The van der Waals surface area contributed by atoms with Crippen LogP contribution in [0.25, 0.3) is 5.69 Å². The van der Waals surface area contributed by atoms with E-state index in [0.717, 1.165) is 36.3 Å². The van der Waals surface area contributed by atoms with Crippen LogP contribution in [0.15, 0.2) is 54.6 Å². The number of benzene rings is 2. The highest BCUT2D eigenvalue weighted by Gasteiger charge is 2.28. The summed E-state index contributed by atoms with van der Waals surface area (Å²) in [6.45, 7) is 7.15. The lowest BCUT2D eigenvalue weighted by Gasteiger charge is -2.25. The van der Waals surface area contributed by atoms with Gasteiger partial charge in [0, 0.05) is 26.2 Å². The molecule has 0 saturated heterocycles. The van der Waals surface area contributed by atoms with Crippen molar-refractivity contribution >= 4 is 0 Å². The molecular formula is C28H36FN3O3. The van der Waals surface area contributed by atoms with E-state index in [2.05, 4.69) is 11.8 Å². The largest absolute Gasteiger partial charge is 0.439 e. The van der Waals surface area contributed by atoms with E-state index >= 15 is 0 Å². The zero-order valence-corrected chi connectivity index (χ0v) is 20.7. The van der Waals surface area contributed by atoms with E-state index in [1.165, 1.54) is 25.0 Å². The first-order valence-corrected chi connectivity index (χ1v) is 12.6. The van der Waals surface area contributed by atoms with E-state index in [1.54, 1.807) is 16.8 Å². The number of aliphatic hydroxyl groups is 1. The Hall–Kier alpha value is -2.74. The van der Waals surface area contributed by atoms with Crippen molar-refractivity contribution in [3.05, 3.63) is 71.7 Å². The van der Waals surface area contributed by atoms with Gasteiger partial charge < -0.3 is 14.6 Å². The number of ether oxygens (including phenoxy) is 2. The smallest absolute Gasteiger partial charge is 0.227 e. The lowest BCUT2D eigenvalue weighted by molar-refractivity contribution is 0.0134. The minimum absolute atomic E-state index is 0.309. The Morgan fingerprint density at radius 1 is 1.14 bits per heavy atom. The van der Waals surface area contributed by atoms with Gasteiger partial charge in [0.2, 0.25) is 5.88 Å². The highest BCUT2D eigenvalue weighted by atomic mass is 19.1. The molecule has 1 fully saturated rings. The third-order valence-electron chi connectivity index (χ3n) is 6.18. The average molecular weight is 482 g/mol. The van der Waals surface area contributed by atoms with Gasteiger partial charge in [-0.2, -0.15) is 5.10 Å². The second-order valence-corrected chi connectivity index (χ2v) is 9.39. The molecule has 0 amide bonds. The maximum Gasteiger partial charge on any atom is 0.227 e. The molecule has 1 aromatic heterocycles. The van der Waals surface area contributed by atoms with Crippen molar-refractivity contribution in [2.75, 3.05) is 26.3 Å². The quantitative estimate of drug-likeness (QED) is 0.308. The molecule has 0 aliphatic heterocycles. The predicted molar refractivity (Wildman–Crippen MR) is 135 cm³/mol. The SMILES string of the molecule is CCCCOCC(O)CN(Cc1c(C)nn(-c2ccccc2)c1Oc1ccc(F)cc1)CC1CC1. The first-order valence-electron chi connectivity index (χ1n) is 12.6. The van der Waals surface area contributed by atoms with Crippen LogP contribution >= 0.6 is 0 Å². The Labute approximate surface area is 207 Å². The van der Waals surface area contributed by atoms with Gasteiger partial charge in [-0.1, -0.05) is 31.5 Å². The zero-order valence-electron chi connectivity index (χ0n) is 20.7. The highest BCUT2D eigenvalue weighted by Crippen LogP contribution is 2.34. The number of rotatable bonds is 14. The van der Waals surface area contributed by atoms with Crippen LogP contribution in [0.1, 0.15) is 43.9 Å². The number of aryl methyl sites for hydroxylation is 1. The van der Waals surface area contributed by atoms with Crippen LogP contribution < -0.4 is 4.74 Å². The molecule has 2 aromatic carbocycles. The lowest BCUT2D eigenvalue weighted by Crippen LogP contribution is -2.36. The van der Waals surface area contributed by atoms with Crippen LogP contribution in [0.2, 0.25) is 0 Å². The molecule has 35 heavy (non-hydrogen) atoms. The van der Waals surface area contributed by atoms with Gasteiger partial charge in [0.1, 0.15) is 11.6 Å². The van der Waals surface area contributed by atoms with Crippen molar-refractivity contribution in [2.24, 2.45) is 5.92 Å². The molecule has 1 unspecified atom stereocenters. The molecule has 0 bridgehead atoms. The van der Waals surface area contributed by atoms with Crippen LogP contribution in [-0.4, -0.2) is 52.2 Å². The number of para-hydroxylation sites is 1. The third kappa shape index (κ3) is 7.37. The van der Waals surface area contributed by atoms with E-state index in [1.807, 2.05) is 37.3 Å². The van der Waals surface area contributed by atoms with Crippen LogP contribution in [-0.2, 0) is 11.3 Å². The van der Waals surface area contributed by atoms with E-state index in [-0.39, 0.29) is 5.82 Å². The standard InChI is InChI=1S/C28H36FN3O3/c1-3-4-16-34-20-25(33)18-31(17-22-10-11-22)19-27-21(2)30-32(24-8-6-5-7-9-24)28(27)35-26-14-12-23(29)13-15-26/h5-9,12-15,22,25,33H,3-4,10-11,16-20H2,1-2H3. The summed E-state index contributed by atoms with van der Waals surface area (Å²) in [5.41, 5.74) is 2.70. The second-order valence-electron chi connectivity index (χ2n) is 9.39. The van der Waals surface area contributed by atoms with Crippen LogP contribution in [0.3, 0.4) is 0 Å². The third-order valence-corrected chi connectivity index (χ3v) is 6.18. The minimum Gasteiger partial charge on any atom is -0.439 e. The summed E-state index contributed by atoms with van der Waals surface area (Å²) in [6, 6.07) is 15.9. The van der Waals surface area contributed by atoms with Gasteiger partial charge in [0.15, 0.2) is 0 Å². The monoisotopic (exact) mass is 481 g/mol. The minimum atomic E-state index is -0.559. The van der Waals surface area contributed by atoms with Gasteiger partial charge in [-0.3, -0.25) is 4.90 Å². The molecule has 1 aliphatic rings. The van der Waals surface area contributed by atoms with Crippen molar-refractivity contribution in [1.29, 1.82) is 0 Å². The molecule has 7 heteroatoms.